The van der Waals surface area contributed by atoms with Crippen LogP contribution in [-0.4, -0.2) is 75.5 Å². The molecule has 1 aromatic carbocycles. The number of likely N-dealkylation sites (tertiary alicyclic amines) is 1. The van der Waals surface area contributed by atoms with E-state index >= 15 is 0 Å². The summed E-state index contributed by atoms with van der Waals surface area (Å²) in [5.41, 5.74) is 0.340. The number of sulfonamides is 1. The molecular weight excluding hydrogens is 366 g/mol. The first-order valence-electron chi connectivity index (χ1n) is 9.57. The molecular formula is C19H29N3O4S. The Hall–Kier alpha value is -1.48. The third-order valence-electron chi connectivity index (χ3n) is 5.42. The van der Waals surface area contributed by atoms with Crippen molar-refractivity contribution >= 4 is 15.9 Å². The fourth-order valence-electron chi connectivity index (χ4n) is 3.50. The molecule has 0 saturated carbocycles. The summed E-state index contributed by atoms with van der Waals surface area (Å²) < 4.78 is 32.4. The van der Waals surface area contributed by atoms with Gasteiger partial charge in [-0.25, -0.2) is 8.42 Å². The van der Waals surface area contributed by atoms with Crippen molar-refractivity contribution in [1.82, 2.24) is 14.5 Å². The van der Waals surface area contributed by atoms with E-state index in [0.29, 0.717) is 31.2 Å². The van der Waals surface area contributed by atoms with Crippen LogP contribution in [0.2, 0.25) is 0 Å². The molecule has 0 bridgehead atoms. The van der Waals surface area contributed by atoms with Crippen LogP contribution in [0.25, 0.3) is 0 Å². The molecule has 150 valence electrons. The van der Waals surface area contributed by atoms with Gasteiger partial charge in [-0.05, 0) is 51.1 Å². The van der Waals surface area contributed by atoms with Crippen LogP contribution in [-0.2, 0) is 14.8 Å². The third kappa shape index (κ3) is 4.68. The maximum absolute atomic E-state index is 12.9. The van der Waals surface area contributed by atoms with Crippen molar-refractivity contribution in [3.63, 3.8) is 0 Å². The van der Waals surface area contributed by atoms with Crippen molar-refractivity contribution < 1.29 is 17.9 Å². The van der Waals surface area contributed by atoms with E-state index in [1.54, 1.807) is 25.3 Å². The quantitative estimate of drug-likeness (QED) is 0.753. The second-order valence-corrected chi connectivity index (χ2v) is 9.29. The number of amides is 1. The molecule has 27 heavy (non-hydrogen) atoms. The van der Waals surface area contributed by atoms with E-state index in [-0.39, 0.29) is 16.9 Å². The largest absolute Gasteiger partial charge is 0.380 e. The Labute approximate surface area is 161 Å². The van der Waals surface area contributed by atoms with Crippen LogP contribution in [0.5, 0.6) is 0 Å². The Kier molecular flexibility index (Phi) is 6.52. The molecule has 0 radical (unpaired) electrons. The molecule has 1 unspecified atom stereocenters. The van der Waals surface area contributed by atoms with E-state index in [4.69, 9.17) is 4.74 Å². The van der Waals surface area contributed by atoms with E-state index in [9.17, 15) is 13.2 Å². The molecule has 2 fully saturated rings. The van der Waals surface area contributed by atoms with Crippen LogP contribution < -0.4 is 5.32 Å². The Morgan fingerprint density at radius 2 is 1.96 bits per heavy atom. The van der Waals surface area contributed by atoms with E-state index in [0.717, 1.165) is 13.1 Å². The van der Waals surface area contributed by atoms with Gasteiger partial charge in [-0.1, -0.05) is 12.5 Å². The number of carbonyl (C=O) groups is 1. The molecule has 0 spiro atoms. The molecule has 1 atom stereocenters. The standard InChI is InChI=1S/C19H29N3O4S/c1-15(26-2)12-20-19(23)16-7-6-8-18(11-16)27(24,25)22-13-17(14-22)21-9-4-3-5-10-21/h6-8,11,15,17H,3-5,9-10,12-14H2,1-2H3,(H,20,23). The lowest BCUT2D eigenvalue weighted by Gasteiger charge is -2.45. The molecule has 2 saturated heterocycles. The maximum Gasteiger partial charge on any atom is 0.251 e. The number of piperidine rings is 1. The van der Waals surface area contributed by atoms with Crippen LogP contribution in [0, 0.1) is 0 Å². The third-order valence-corrected chi connectivity index (χ3v) is 7.25. The van der Waals surface area contributed by atoms with Gasteiger partial charge in [-0.2, -0.15) is 4.31 Å². The molecule has 0 aromatic heterocycles. The fraction of sp³-hybridized carbons (Fsp3) is 0.632. The number of hydrogen-bond acceptors (Lipinski definition) is 5. The summed E-state index contributed by atoms with van der Waals surface area (Å²) in [5, 5.41) is 2.76. The molecule has 1 aromatic rings. The van der Waals surface area contributed by atoms with Gasteiger partial charge in [0.25, 0.3) is 5.91 Å². The highest BCUT2D eigenvalue weighted by molar-refractivity contribution is 7.89. The normalized spacial score (nSPS) is 20.8. The van der Waals surface area contributed by atoms with E-state index < -0.39 is 10.0 Å². The zero-order valence-corrected chi connectivity index (χ0v) is 16.9. The second-order valence-electron chi connectivity index (χ2n) is 7.36. The lowest BCUT2D eigenvalue weighted by Crippen LogP contribution is -2.61. The van der Waals surface area contributed by atoms with Crippen molar-refractivity contribution in [3.05, 3.63) is 29.8 Å². The minimum atomic E-state index is -3.56. The molecule has 8 heteroatoms. The van der Waals surface area contributed by atoms with Gasteiger partial charge in [0.2, 0.25) is 10.0 Å². The lowest BCUT2D eigenvalue weighted by atomic mass is 10.1. The Morgan fingerprint density at radius 1 is 1.26 bits per heavy atom. The molecule has 3 rings (SSSR count). The van der Waals surface area contributed by atoms with Crippen molar-refractivity contribution in [2.75, 3.05) is 39.8 Å². The molecule has 2 aliphatic heterocycles. The van der Waals surface area contributed by atoms with Gasteiger partial charge in [0.05, 0.1) is 11.0 Å². The Morgan fingerprint density at radius 3 is 2.63 bits per heavy atom. The molecule has 7 nitrogen and oxygen atoms in total. The van der Waals surface area contributed by atoms with E-state index in [2.05, 4.69) is 10.2 Å². The molecule has 1 N–H and O–H groups in total. The Bertz CT molecular complexity index is 756. The van der Waals surface area contributed by atoms with Crippen molar-refractivity contribution in [3.8, 4) is 0 Å². The predicted octanol–water partition coefficient (Wildman–Crippen LogP) is 1.31. The van der Waals surface area contributed by atoms with Crippen LogP contribution in [0.1, 0.15) is 36.5 Å². The minimum absolute atomic E-state index is 0.103. The first-order valence-corrected chi connectivity index (χ1v) is 11.0. The van der Waals surface area contributed by atoms with Gasteiger partial charge in [0.1, 0.15) is 0 Å². The van der Waals surface area contributed by atoms with Crippen LogP contribution in [0.4, 0.5) is 0 Å². The van der Waals surface area contributed by atoms with Crippen LogP contribution in [0.15, 0.2) is 29.2 Å². The smallest absolute Gasteiger partial charge is 0.251 e. The van der Waals surface area contributed by atoms with Gasteiger partial charge in [-0.15, -0.1) is 0 Å². The van der Waals surface area contributed by atoms with Crippen molar-refractivity contribution in [2.45, 2.75) is 43.2 Å². The van der Waals surface area contributed by atoms with E-state index in [1.807, 2.05) is 6.92 Å². The molecule has 1 amide bonds. The molecule has 0 aliphatic carbocycles. The van der Waals surface area contributed by atoms with Crippen LogP contribution in [0.3, 0.4) is 0 Å². The second kappa shape index (κ2) is 8.68. The topological polar surface area (TPSA) is 78.9 Å². The summed E-state index contributed by atoms with van der Waals surface area (Å²) in [4.78, 5) is 14.8. The lowest BCUT2D eigenvalue weighted by molar-refractivity contribution is 0.0716. The number of nitrogens with one attached hydrogen (secondary N) is 1. The number of ether oxygens (including phenoxy) is 1. The summed E-state index contributed by atoms with van der Waals surface area (Å²) in [6, 6.07) is 6.57. The average Bonchev–Trinajstić information content (AvgIpc) is 2.65. The minimum Gasteiger partial charge on any atom is -0.380 e. The summed E-state index contributed by atoms with van der Waals surface area (Å²) in [5.74, 6) is -0.300. The van der Waals surface area contributed by atoms with Gasteiger partial charge >= 0.3 is 0 Å². The number of rotatable bonds is 7. The van der Waals surface area contributed by atoms with Crippen LogP contribution >= 0.6 is 0 Å². The highest BCUT2D eigenvalue weighted by atomic mass is 32.2. The van der Waals surface area contributed by atoms with Gasteiger partial charge < -0.3 is 10.1 Å². The number of methoxy groups -OCH3 is 1. The molecule has 2 aliphatic rings. The van der Waals surface area contributed by atoms with E-state index in [1.165, 1.54) is 29.6 Å². The summed E-state index contributed by atoms with van der Waals surface area (Å²) in [6.45, 7) is 5.41. The van der Waals surface area contributed by atoms with Gasteiger partial charge in [0, 0.05) is 38.3 Å². The first-order chi connectivity index (χ1) is 12.9. The van der Waals surface area contributed by atoms with Gasteiger partial charge in [-0.3, -0.25) is 9.69 Å². The molecule has 2 heterocycles. The SMILES string of the molecule is COC(C)CNC(=O)c1cccc(S(=O)(=O)N2CC(N3CCCCC3)C2)c1. The number of hydrogen-bond donors (Lipinski definition) is 1. The maximum atomic E-state index is 12.9. The monoisotopic (exact) mass is 395 g/mol. The summed E-state index contributed by atoms with van der Waals surface area (Å²) in [6.07, 6.45) is 3.56. The zero-order valence-electron chi connectivity index (χ0n) is 16.1. The average molecular weight is 396 g/mol. The fourth-order valence-corrected chi connectivity index (χ4v) is 5.06. The Balaban J connectivity index is 1.62. The van der Waals surface area contributed by atoms with Crippen molar-refractivity contribution in [1.29, 1.82) is 0 Å². The number of carbonyl (C=O) groups excluding carboxylic acids is 1. The highest BCUT2D eigenvalue weighted by Crippen LogP contribution is 2.26. The summed E-state index contributed by atoms with van der Waals surface area (Å²) >= 11 is 0. The van der Waals surface area contributed by atoms with Crippen molar-refractivity contribution in [2.24, 2.45) is 0 Å². The number of nitrogens with zero attached hydrogens (tertiary/aromatic N) is 2. The predicted molar refractivity (Wildman–Crippen MR) is 103 cm³/mol. The summed E-state index contributed by atoms with van der Waals surface area (Å²) in [7, 11) is -1.99. The number of benzene rings is 1. The first kappa shape index (κ1) is 20.3. The zero-order chi connectivity index (χ0) is 19.4. The highest BCUT2D eigenvalue weighted by Gasteiger charge is 2.39. The van der Waals surface area contributed by atoms with Gasteiger partial charge in [0.15, 0.2) is 0 Å².